The van der Waals surface area contributed by atoms with Crippen molar-refractivity contribution in [1.29, 1.82) is 0 Å². The summed E-state index contributed by atoms with van der Waals surface area (Å²) in [6.07, 6.45) is 6.25. The van der Waals surface area contributed by atoms with Crippen molar-refractivity contribution in [2.45, 2.75) is 0 Å². The lowest BCUT2D eigenvalue weighted by Crippen LogP contribution is -1.93. The molecule has 0 atom stereocenters. The number of nitrogens with zero attached hydrogens (tertiary/aromatic N) is 2. The zero-order valence-electron chi connectivity index (χ0n) is 9.48. The normalized spacial score (nSPS) is 8.00. The molecule has 2 heterocycles. The van der Waals surface area contributed by atoms with E-state index in [0.717, 1.165) is 0 Å². The van der Waals surface area contributed by atoms with Gasteiger partial charge in [0.25, 0.3) is 0 Å². The van der Waals surface area contributed by atoms with Crippen LogP contribution in [0.3, 0.4) is 0 Å². The van der Waals surface area contributed by atoms with Gasteiger partial charge in [-0.05, 0) is 12.1 Å². The number of aromatic nitrogens is 2. The van der Waals surface area contributed by atoms with Gasteiger partial charge in [-0.3, -0.25) is 9.97 Å². The number of anilines is 4. The van der Waals surface area contributed by atoms with Gasteiger partial charge in [0.15, 0.2) is 0 Å². The van der Waals surface area contributed by atoms with Gasteiger partial charge < -0.3 is 22.9 Å². The fourth-order valence-electron chi connectivity index (χ4n) is 0.835. The third kappa shape index (κ3) is 6.64. The maximum absolute atomic E-state index is 5.35. The summed E-state index contributed by atoms with van der Waals surface area (Å²) in [6, 6.07) is 3.32. The molecule has 0 saturated carbocycles. The predicted octanol–water partition coefficient (Wildman–Crippen LogP) is 1.73. The number of nitrogens with two attached hydrogens (primary N) is 4. The molecule has 0 aliphatic heterocycles. The summed E-state index contributed by atoms with van der Waals surface area (Å²) < 4.78 is 0. The highest BCUT2D eigenvalue weighted by Crippen LogP contribution is 2.08. The van der Waals surface area contributed by atoms with Crippen LogP contribution in [-0.2, 0) is 0 Å². The number of pyridine rings is 2. The van der Waals surface area contributed by atoms with Crippen molar-refractivity contribution < 1.29 is 0 Å². The van der Waals surface area contributed by atoms with Crippen LogP contribution in [0.4, 0.5) is 22.7 Å². The van der Waals surface area contributed by atoms with Crippen molar-refractivity contribution >= 4 is 70.7 Å². The highest BCUT2D eigenvalue weighted by molar-refractivity contribution is 14.0. The molecule has 0 aliphatic rings. The van der Waals surface area contributed by atoms with Gasteiger partial charge in [-0.25, -0.2) is 0 Å². The molecule has 0 amide bonds. The van der Waals surface area contributed by atoms with Crippen molar-refractivity contribution in [1.82, 2.24) is 9.97 Å². The summed E-state index contributed by atoms with van der Waals surface area (Å²) in [7, 11) is 0. The Bertz CT molecular complexity index is 380. The second-order valence-electron chi connectivity index (χ2n) is 3.01. The van der Waals surface area contributed by atoms with Crippen LogP contribution in [0.5, 0.6) is 0 Å². The number of hydrogen-bond donors (Lipinski definition) is 4. The van der Waals surface area contributed by atoms with Crippen molar-refractivity contribution in [3.63, 3.8) is 0 Å². The molecule has 0 unspecified atom stereocenters. The quantitative estimate of drug-likeness (QED) is 0.431. The Kier molecular flexibility index (Phi) is 10.7. The second kappa shape index (κ2) is 9.94. The molecule has 0 aliphatic carbocycles. The van der Waals surface area contributed by atoms with Gasteiger partial charge in [-0.2, -0.15) is 0 Å². The molecule has 2 rings (SSSR count). The van der Waals surface area contributed by atoms with Crippen molar-refractivity contribution in [3.05, 3.63) is 36.9 Å². The summed E-state index contributed by atoms with van der Waals surface area (Å²) in [4.78, 5) is 7.48. The molecule has 0 spiro atoms. The highest BCUT2D eigenvalue weighted by atomic mass is 127. The lowest BCUT2D eigenvalue weighted by molar-refractivity contribution is 1.34. The summed E-state index contributed by atoms with van der Waals surface area (Å²) in [6.45, 7) is 0. The molecule has 2 aromatic heterocycles. The molecule has 0 saturated heterocycles. The minimum atomic E-state index is 0. The van der Waals surface area contributed by atoms with Gasteiger partial charge in [-0.15, -0.1) is 48.0 Å². The van der Waals surface area contributed by atoms with Crippen LogP contribution in [0.2, 0.25) is 0 Å². The van der Waals surface area contributed by atoms with Crippen molar-refractivity contribution in [3.8, 4) is 0 Å². The first-order valence-electron chi connectivity index (χ1n) is 4.51. The number of rotatable bonds is 0. The van der Waals surface area contributed by atoms with Crippen LogP contribution in [-0.4, -0.2) is 9.97 Å². The molecule has 100 valence electrons. The maximum Gasteiger partial charge on any atom is 0.0734 e. The Morgan fingerprint density at radius 2 is 0.944 bits per heavy atom. The average Bonchev–Trinajstić information content (AvgIpc) is 2.28. The molecule has 0 aromatic carbocycles. The summed E-state index contributed by atoms with van der Waals surface area (Å²) >= 11 is 0. The lowest BCUT2D eigenvalue weighted by atomic mass is 10.4. The predicted molar refractivity (Wildman–Crippen MR) is 97.0 cm³/mol. The first kappa shape index (κ1) is 19.3. The minimum Gasteiger partial charge on any atom is -0.397 e. The van der Waals surface area contributed by atoms with Crippen LogP contribution in [0, 0.1) is 0 Å². The third-order valence-corrected chi connectivity index (χ3v) is 1.77. The first-order valence-corrected chi connectivity index (χ1v) is 4.51. The zero-order valence-corrected chi connectivity index (χ0v) is 14.1. The van der Waals surface area contributed by atoms with E-state index in [4.69, 9.17) is 22.9 Å². The van der Waals surface area contributed by atoms with E-state index in [1.165, 1.54) is 12.4 Å². The van der Waals surface area contributed by atoms with E-state index < -0.39 is 0 Å². The van der Waals surface area contributed by atoms with E-state index in [-0.39, 0.29) is 48.0 Å². The summed E-state index contributed by atoms with van der Waals surface area (Å²) in [5.74, 6) is 0. The van der Waals surface area contributed by atoms with Crippen molar-refractivity contribution in [2.75, 3.05) is 22.9 Å². The molecule has 0 radical (unpaired) electrons. The minimum absolute atomic E-state index is 0. The fourth-order valence-corrected chi connectivity index (χ4v) is 0.835. The monoisotopic (exact) mass is 474 g/mol. The molecule has 6 nitrogen and oxygen atoms in total. The van der Waals surface area contributed by atoms with E-state index in [2.05, 4.69) is 9.97 Å². The van der Waals surface area contributed by atoms with E-state index in [0.29, 0.717) is 22.7 Å². The Hall–Kier alpha value is -1.04. The molecular formula is C10H16I2N6. The summed E-state index contributed by atoms with van der Waals surface area (Å²) in [5, 5.41) is 0. The van der Waals surface area contributed by atoms with E-state index in [9.17, 15) is 0 Å². The van der Waals surface area contributed by atoms with Crippen LogP contribution in [0.15, 0.2) is 36.9 Å². The van der Waals surface area contributed by atoms with Gasteiger partial charge in [0, 0.05) is 12.4 Å². The van der Waals surface area contributed by atoms with Crippen molar-refractivity contribution in [2.24, 2.45) is 0 Å². The van der Waals surface area contributed by atoms with E-state index in [1.54, 1.807) is 24.5 Å². The second-order valence-corrected chi connectivity index (χ2v) is 3.01. The smallest absolute Gasteiger partial charge is 0.0734 e. The molecule has 0 fully saturated rings. The van der Waals surface area contributed by atoms with Gasteiger partial charge in [0.2, 0.25) is 0 Å². The first-order chi connectivity index (χ1) is 7.61. The molecular weight excluding hydrogens is 458 g/mol. The van der Waals surface area contributed by atoms with Gasteiger partial charge >= 0.3 is 0 Å². The van der Waals surface area contributed by atoms with Gasteiger partial charge in [0.1, 0.15) is 0 Å². The third-order valence-electron chi connectivity index (χ3n) is 1.77. The van der Waals surface area contributed by atoms with Gasteiger partial charge in [0.05, 0.1) is 35.1 Å². The zero-order chi connectivity index (χ0) is 12.0. The average molecular weight is 474 g/mol. The Morgan fingerprint density at radius 1 is 0.611 bits per heavy atom. The van der Waals surface area contributed by atoms with Gasteiger partial charge in [-0.1, -0.05) is 0 Å². The Morgan fingerprint density at radius 3 is 1.11 bits per heavy atom. The van der Waals surface area contributed by atoms with Crippen LogP contribution >= 0.6 is 48.0 Å². The molecule has 0 bridgehead atoms. The van der Waals surface area contributed by atoms with Crippen LogP contribution in [0.1, 0.15) is 0 Å². The topological polar surface area (TPSA) is 130 Å². The van der Waals surface area contributed by atoms with E-state index >= 15 is 0 Å². The fraction of sp³-hybridized carbons (Fsp3) is 0. The summed E-state index contributed by atoms with van der Waals surface area (Å²) in [5.41, 5.74) is 23.6. The van der Waals surface area contributed by atoms with Crippen LogP contribution in [0.25, 0.3) is 0 Å². The number of hydrogen-bond acceptors (Lipinski definition) is 6. The number of halogens is 2. The largest absolute Gasteiger partial charge is 0.397 e. The standard InChI is InChI=1S/2C5H7N3.2HI/c2*6-4-1-2-8-3-5(4)7;;/h2*1-3H,7H2,(H2,6,8);2*1H. The SMILES string of the molecule is I.I.Nc1ccncc1N.Nc1ccncc1N. The lowest BCUT2D eigenvalue weighted by Gasteiger charge is -1.93. The molecule has 18 heavy (non-hydrogen) atoms. The van der Waals surface area contributed by atoms with Crippen LogP contribution < -0.4 is 22.9 Å². The maximum atomic E-state index is 5.35. The molecule has 8 N–H and O–H groups in total. The highest BCUT2D eigenvalue weighted by Gasteiger charge is 1.87. The Balaban J connectivity index is 0. The Labute approximate surface area is 140 Å². The molecule has 8 heteroatoms. The van der Waals surface area contributed by atoms with E-state index in [1.807, 2.05) is 0 Å². The molecule has 2 aromatic rings. The number of nitrogen functional groups attached to an aromatic ring is 4.